The molecule has 0 saturated heterocycles. The Bertz CT molecular complexity index is 558. The zero-order valence-electron chi connectivity index (χ0n) is 9.81. The van der Waals surface area contributed by atoms with Gasteiger partial charge in [0.1, 0.15) is 5.82 Å². The zero-order chi connectivity index (χ0) is 14.2. The maximum atomic E-state index is 13.2. The molecule has 0 atom stereocenters. The average molecular weight is 334 g/mol. The van der Waals surface area contributed by atoms with E-state index < -0.39 is 28.0 Å². The second-order valence-electron chi connectivity index (χ2n) is 4.08. The van der Waals surface area contributed by atoms with Gasteiger partial charge in [0.15, 0.2) is 0 Å². The monoisotopic (exact) mass is 333 g/mol. The van der Waals surface area contributed by atoms with Crippen LogP contribution in [0, 0.1) is 15.9 Å². The number of halogens is 2. The van der Waals surface area contributed by atoms with E-state index in [0.29, 0.717) is 12.8 Å². The average Bonchev–Trinajstić information content (AvgIpc) is 3.12. The second-order valence-corrected chi connectivity index (χ2v) is 4.94. The molecule has 0 N–H and O–H groups in total. The van der Waals surface area contributed by atoms with Crippen LogP contribution in [0.3, 0.4) is 0 Å². The summed E-state index contributed by atoms with van der Waals surface area (Å²) in [5, 5.41) is 10.9. The van der Waals surface area contributed by atoms with Crippen molar-refractivity contribution in [2.24, 2.45) is 0 Å². The molecule has 2 rings (SSSR count). The van der Waals surface area contributed by atoms with E-state index in [1.165, 1.54) is 7.11 Å². The highest BCUT2D eigenvalue weighted by Crippen LogP contribution is 2.46. The lowest BCUT2D eigenvalue weighted by Gasteiger charge is -2.16. The topological polar surface area (TPSA) is 78.7 Å². The molecule has 0 amide bonds. The first-order valence-electron chi connectivity index (χ1n) is 5.30. The molecule has 1 aromatic carbocycles. The van der Waals surface area contributed by atoms with E-state index in [-0.39, 0.29) is 10.2 Å². The number of benzene rings is 1. The molecule has 0 heterocycles. The van der Waals surface area contributed by atoms with Gasteiger partial charge >= 0.3 is 11.7 Å². The highest BCUT2D eigenvalue weighted by Gasteiger charge is 2.55. The molecule has 19 heavy (non-hydrogen) atoms. The van der Waals surface area contributed by atoms with Gasteiger partial charge < -0.3 is 9.47 Å². The van der Waals surface area contributed by atoms with Gasteiger partial charge in [-0.2, -0.15) is 0 Å². The predicted molar refractivity (Wildman–Crippen MR) is 65.4 cm³/mol. The smallest absolute Gasteiger partial charge is 0.350 e. The second kappa shape index (κ2) is 4.76. The summed E-state index contributed by atoms with van der Waals surface area (Å²) in [6.45, 7) is 0. The summed E-state index contributed by atoms with van der Waals surface area (Å²) in [5.41, 5.74) is -1.73. The van der Waals surface area contributed by atoms with Crippen LogP contribution in [0.4, 0.5) is 10.1 Å². The highest BCUT2D eigenvalue weighted by molar-refractivity contribution is 9.10. The number of ether oxygens (including phenoxy) is 2. The molecular weight excluding hydrogens is 325 g/mol. The summed E-state index contributed by atoms with van der Waals surface area (Å²) >= 11 is 3.00. The Kier molecular flexibility index (Phi) is 3.44. The summed E-state index contributed by atoms with van der Waals surface area (Å²) in [6.07, 6.45) is 0.807. The van der Waals surface area contributed by atoms with Crippen LogP contribution in [-0.2, 0) is 9.53 Å². The van der Waals surface area contributed by atoms with Crippen molar-refractivity contribution in [1.82, 2.24) is 0 Å². The van der Waals surface area contributed by atoms with Gasteiger partial charge in [-0.25, -0.2) is 9.18 Å². The van der Waals surface area contributed by atoms with Crippen LogP contribution in [0.15, 0.2) is 16.6 Å². The van der Waals surface area contributed by atoms with Gasteiger partial charge in [-0.3, -0.25) is 10.1 Å². The van der Waals surface area contributed by atoms with Crippen molar-refractivity contribution in [2.45, 2.75) is 18.4 Å². The zero-order valence-corrected chi connectivity index (χ0v) is 11.4. The number of carbonyl (C=O) groups is 1. The van der Waals surface area contributed by atoms with Crippen LogP contribution in [-0.4, -0.2) is 23.6 Å². The molecule has 8 heteroatoms. The van der Waals surface area contributed by atoms with E-state index >= 15 is 0 Å². The van der Waals surface area contributed by atoms with Crippen LogP contribution in [0.1, 0.15) is 12.8 Å². The number of rotatable bonds is 4. The molecule has 0 aliphatic heterocycles. The van der Waals surface area contributed by atoms with E-state index in [1.54, 1.807) is 0 Å². The van der Waals surface area contributed by atoms with Crippen molar-refractivity contribution in [1.29, 1.82) is 0 Å². The Morgan fingerprint density at radius 1 is 1.53 bits per heavy atom. The van der Waals surface area contributed by atoms with E-state index in [9.17, 15) is 19.3 Å². The Morgan fingerprint density at radius 3 is 2.63 bits per heavy atom. The van der Waals surface area contributed by atoms with Crippen LogP contribution in [0.2, 0.25) is 0 Å². The van der Waals surface area contributed by atoms with Crippen molar-refractivity contribution >= 4 is 27.6 Å². The van der Waals surface area contributed by atoms with Gasteiger partial charge in [0.2, 0.25) is 11.4 Å². The van der Waals surface area contributed by atoms with Gasteiger partial charge in [-0.1, -0.05) is 0 Å². The summed E-state index contributed by atoms with van der Waals surface area (Å²) < 4.78 is 23.2. The standard InChI is InChI=1S/C11H9BrFNO5/c1-18-10(15)11(2-3-11)19-9-7(12)4-6(13)5-8(9)14(16)17/h4-5H,2-3H2,1H3. The molecule has 0 aromatic heterocycles. The minimum Gasteiger partial charge on any atom is -0.467 e. The first-order valence-corrected chi connectivity index (χ1v) is 6.10. The first-order chi connectivity index (χ1) is 8.89. The number of nitrogens with zero attached hydrogens (tertiary/aromatic N) is 1. The normalized spacial score (nSPS) is 15.7. The van der Waals surface area contributed by atoms with Crippen molar-refractivity contribution in [3.05, 3.63) is 32.5 Å². The molecule has 0 radical (unpaired) electrons. The van der Waals surface area contributed by atoms with E-state index in [0.717, 1.165) is 12.1 Å². The number of carbonyl (C=O) groups excluding carboxylic acids is 1. The summed E-state index contributed by atoms with van der Waals surface area (Å²) in [7, 11) is 1.21. The Labute approximate surface area is 115 Å². The number of esters is 1. The fourth-order valence-electron chi connectivity index (χ4n) is 1.63. The molecule has 1 aliphatic carbocycles. The van der Waals surface area contributed by atoms with Gasteiger partial charge in [0.25, 0.3) is 0 Å². The van der Waals surface area contributed by atoms with Crippen LogP contribution in [0.25, 0.3) is 0 Å². The fourth-order valence-corrected chi connectivity index (χ4v) is 2.13. The quantitative estimate of drug-likeness (QED) is 0.480. The lowest BCUT2D eigenvalue weighted by molar-refractivity contribution is -0.386. The number of nitro benzene ring substituents is 1. The maximum absolute atomic E-state index is 13.2. The highest BCUT2D eigenvalue weighted by atomic mass is 79.9. The Balaban J connectivity index is 2.40. The SMILES string of the molecule is COC(=O)C1(Oc2c(Br)cc(F)cc2[N+](=O)[O-])CC1. The number of hydrogen-bond donors (Lipinski definition) is 0. The molecule has 0 bridgehead atoms. The summed E-state index contributed by atoms with van der Waals surface area (Å²) in [6, 6.07) is 1.78. The molecule has 102 valence electrons. The largest absolute Gasteiger partial charge is 0.467 e. The Morgan fingerprint density at radius 2 is 2.16 bits per heavy atom. The molecule has 0 spiro atoms. The lowest BCUT2D eigenvalue weighted by atomic mass is 10.2. The fraction of sp³-hybridized carbons (Fsp3) is 0.364. The van der Waals surface area contributed by atoms with Crippen molar-refractivity contribution in [3.63, 3.8) is 0 Å². The Hall–Kier alpha value is -1.70. The molecule has 6 nitrogen and oxygen atoms in total. The molecule has 1 fully saturated rings. The third-order valence-electron chi connectivity index (χ3n) is 2.74. The third kappa shape index (κ3) is 2.53. The number of hydrogen-bond acceptors (Lipinski definition) is 5. The minimum atomic E-state index is -1.19. The van der Waals surface area contributed by atoms with Crippen molar-refractivity contribution in [2.75, 3.05) is 7.11 Å². The van der Waals surface area contributed by atoms with Crippen LogP contribution < -0.4 is 4.74 Å². The van der Waals surface area contributed by atoms with Gasteiger partial charge in [0, 0.05) is 12.8 Å². The summed E-state index contributed by atoms with van der Waals surface area (Å²) in [5.74, 6) is -1.54. The minimum absolute atomic E-state index is 0.0781. The molecule has 0 unspecified atom stereocenters. The van der Waals surface area contributed by atoms with E-state index in [2.05, 4.69) is 20.7 Å². The van der Waals surface area contributed by atoms with E-state index in [4.69, 9.17) is 4.74 Å². The molecule has 1 saturated carbocycles. The molecule has 1 aromatic rings. The summed E-state index contributed by atoms with van der Waals surface area (Å²) in [4.78, 5) is 21.7. The molecule has 1 aliphatic rings. The van der Waals surface area contributed by atoms with Gasteiger partial charge in [0.05, 0.1) is 22.6 Å². The van der Waals surface area contributed by atoms with Crippen LogP contribution >= 0.6 is 15.9 Å². The maximum Gasteiger partial charge on any atom is 0.350 e. The van der Waals surface area contributed by atoms with Crippen LogP contribution in [0.5, 0.6) is 5.75 Å². The first kappa shape index (κ1) is 13.7. The van der Waals surface area contributed by atoms with E-state index in [1.807, 2.05) is 0 Å². The third-order valence-corrected chi connectivity index (χ3v) is 3.33. The van der Waals surface area contributed by atoms with Crippen molar-refractivity contribution in [3.8, 4) is 5.75 Å². The van der Waals surface area contributed by atoms with Crippen molar-refractivity contribution < 1.29 is 23.6 Å². The van der Waals surface area contributed by atoms with Gasteiger partial charge in [-0.15, -0.1) is 0 Å². The van der Waals surface area contributed by atoms with Gasteiger partial charge in [-0.05, 0) is 22.0 Å². The lowest BCUT2D eigenvalue weighted by Crippen LogP contribution is -2.31. The molecular formula is C11H9BrFNO5. The number of nitro groups is 1. The number of methoxy groups -OCH3 is 1. The predicted octanol–water partition coefficient (Wildman–Crippen LogP) is 2.58.